The lowest BCUT2D eigenvalue weighted by Crippen LogP contribution is -3.15. The van der Waals surface area contributed by atoms with Crippen LogP contribution in [0.2, 0.25) is 0 Å². The first-order chi connectivity index (χ1) is 13.8. The van der Waals surface area contributed by atoms with Gasteiger partial charge in [-0.25, -0.2) is 13.8 Å². The number of amides is 1. The lowest BCUT2D eigenvalue weighted by Gasteiger charge is -2.31. The number of aryl methyl sites for hydroxylation is 1. The van der Waals surface area contributed by atoms with Crippen LogP contribution in [-0.4, -0.2) is 57.6 Å². The fourth-order valence-corrected chi connectivity index (χ4v) is 4.88. The number of nitrogens with zero attached hydrogens (tertiary/aromatic N) is 2. The van der Waals surface area contributed by atoms with Gasteiger partial charge in [0, 0.05) is 4.47 Å². The summed E-state index contributed by atoms with van der Waals surface area (Å²) in [4.78, 5) is 13.4. The Labute approximate surface area is 179 Å². The smallest absolute Gasteiger partial charge is 0.295 e. The summed E-state index contributed by atoms with van der Waals surface area (Å²) in [6.07, 6.45) is 1.61. The molecule has 1 heterocycles. The quantitative estimate of drug-likeness (QED) is 0.474. The van der Waals surface area contributed by atoms with E-state index in [1.165, 1.54) is 4.31 Å². The minimum absolute atomic E-state index is 0.187. The van der Waals surface area contributed by atoms with Crippen molar-refractivity contribution in [3.05, 3.63) is 64.1 Å². The van der Waals surface area contributed by atoms with Crippen LogP contribution >= 0.6 is 15.9 Å². The van der Waals surface area contributed by atoms with Gasteiger partial charge >= 0.3 is 0 Å². The Balaban J connectivity index is 1.48. The zero-order valence-electron chi connectivity index (χ0n) is 16.1. The van der Waals surface area contributed by atoms with E-state index in [-0.39, 0.29) is 17.3 Å². The Kier molecular flexibility index (Phi) is 7.18. The summed E-state index contributed by atoms with van der Waals surface area (Å²) in [5.74, 6) is -0.187. The highest BCUT2D eigenvalue weighted by molar-refractivity contribution is 9.10. The molecule has 0 aromatic heterocycles. The van der Waals surface area contributed by atoms with E-state index in [4.69, 9.17) is 0 Å². The number of quaternary nitrogens is 1. The van der Waals surface area contributed by atoms with Crippen LogP contribution in [-0.2, 0) is 14.8 Å². The van der Waals surface area contributed by atoms with Gasteiger partial charge in [-0.3, -0.25) is 4.79 Å². The van der Waals surface area contributed by atoms with Crippen LogP contribution in [0.25, 0.3) is 0 Å². The number of nitrogens with one attached hydrogen (secondary N) is 2. The molecule has 3 rings (SSSR count). The van der Waals surface area contributed by atoms with E-state index < -0.39 is 10.0 Å². The third-order valence-corrected chi connectivity index (χ3v) is 7.18. The minimum atomic E-state index is -3.50. The average molecular weight is 480 g/mol. The largest absolute Gasteiger partial charge is 0.325 e. The molecule has 2 aromatic carbocycles. The lowest BCUT2D eigenvalue weighted by molar-refractivity contribution is -0.895. The number of rotatable bonds is 6. The molecule has 1 fully saturated rings. The molecule has 29 heavy (non-hydrogen) atoms. The van der Waals surface area contributed by atoms with Crippen molar-refractivity contribution in [1.29, 1.82) is 0 Å². The Morgan fingerprint density at radius 2 is 1.90 bits per heavy atom. The van der Waals surface area contributed by atoms with E-state index in [0.717, 1.165) is 20.5 Å². The van der Waals surface area contributed by atoms with Gasteiger partial charge in [0.2, 0.25) is 10.0 Å². The zero-order valence-corrected chi connectivity index (χ0v) is 18.5. The summed E-state index contributed by atoms with van der Waals surface area (Å²) in [5, 5.41) is 4.00. The maximum atomic E-state index is 12.7. The standard InChI is InChI=1S/C20H23BrN4O3S/c1-16-3-2-4-17(13-16)14-22-23-20(26)15-24-9-11-25(12-10-24)29(27,28)19-7-5-18(21)6-8-19/h2-8,13-14H,9-12,15H2,1H3,(H,23,26)/p+1. The highest BCUT2D eigenvalue weighted by atomic mass is 79.9. The molecule has 7 nitrogen and oxygen atoms in total. The molecule has 0 saturated carbocycles. The molecule has 0 radical (unpaired) electrons. The lowest BCUT2D eigenvalue weighted by atomic mass is 10.2. The van der Waals surface area contributed by atoms with Crippen molar-refractivity contribution in [3.63, 3.8) is 0 Å². The average Bonchev–Trinajstić information content (AvgIpc) is 2.69. The van der Waals surface area contributed by atoms with Gasteiger partial charge in [0.05, 0.1) is 37.3 Å². The van der Waals surface area contributed by atoms with Gasteiger partial charge in [-0.2, -0.15) is 9.41 Å². The third kappa shape index (κ3) is 5.96. The minimum Gasteiger partial charge on any atom is -0.325 e. The summed E-state index contributed by atoms with van der Waals surface area (Å²) in [6.45, 7) is 4.17. The molecule has 1 aliphatic rings. The fraction of sp³-hybridized carbons (Fsp3) is 0.300. The normalized spacial score (nSPS) is 16.2. The Morgan fingerprint density at radius 3 is 2.55 bits per heavy atom. The van der Waals surface area contributed by atoms with Crippen molar-refractivity contribution in [1.82, 2.24) is 9.73 Å². The van der Waals surface area contributed by atoms with Gasteiger partial charge in [0.1, 0.15) is 0 Å². The van der Waals surface area contributed by atoms with E-state index in [9.17, 15) is 13.2 Å². The Bertz CT molecular complexity index is 985. The van der Waals surface area contributed by atoms with Crippen LogP contribution < -0.4 is 10.3 Å². The second-order valence-corrected chi connectivity index (χ2v) is 9.85. The number of halogens is 1. The molecule has 0 spiro atoms. The Morgan fingerprint density at radius 1 is 1.21 bits per heavy atom. The summed E-state index contributed by atoms with van der Waals surface area (Å²) < 4.78 is 27.8. The number of benzene rings is 2. The molecule has 0 aliphatic carbocycles. The van der Waals surface area contributed by atoms with Gasteiger partial charge in [-0.1, -0.05) is 45.8 Å². The maximum absolute atomic E-state index is 12.7. The zero-order chi connectivity index (χ0) is 20.9. The molecule has 0 unspecified atom stereocenters. The molecule has 1 amide bonds. The number of piperazine rings is 1. The summed E-state index contributed by atoms with van der Waals surface area (Å²) in [6, 6.07) is 14.5. The van der Waals surface area contributed by atoms with Gasteiger partial charge < -0.3 is 4.90 Å². The number of hydrogen-bond donors (Lipinski definition) is 2. The molecule has 154 valence electrons. The van der Waals surface area contributed by atoms with Crippen LogP contribution in [0.1, 0.15) is 11.1 Å². The summed E-state index contributed by atoms with van der Waals surface area (Å²) >= 11 is 3.31. The van der Waals surface area contributed by atoms with Crippen molar-refractivity contribution in [2.75, 3.05) is 32.7 Å². The van der Waals surface area contributed by atoms with E-state index in [0.29, 0.717) is 26.2 Å². The molecule has 0 atom stereocenters. The highest BCUT2D eigenvalue weighted by Crippen LogP contribution is 2.18. The van der Waals surface area contributed by atoms with Gasteiger partial charge in [-0.15, -0.1) is 0 Å². The first-order valence-electron chi connectivity index (χ1n) is 9.32. The van der Waals surface area contributed by atoms with Gasteiger partial charge in [0.25, 0.3) is 5.91 Å². The number of sulfonamides is 1. The highest BCUT2D eigenvalue weighted by Gasteiger charge is 2.31. The van der Waals surface area contributed by atoms with Crippen LogP contribution in [0, 0.1) is 6.92 Å². The van der Waals surface area contributed by atoms with Crippen molar-refractivity contribution >= 4 is 38.1 Å². The Hall–Kier alpha value is -2.07. The van der Waals surface area contributed by atoms with Gasteiger partial charge in [-0.05, 0) is 36.8 Å². The molecular formula is C20H24BrN4O3S+. The number of hydrogen-bond acceptors (Lipinski definition) is 4. The molecule has 9 heteroatoms. The van der Waals surface area contributed by atoms with E-state index >= 15 is 0 Å². The predicted molar refractivity (Wildman–Crippen MR) is 115 cm³/mol. The molecular weight excluding hydrogens is 456 g/mol. The van der Waals surface area contributed by atoms with Crippen LogP contribution in [0.15, 0.2) is 63.0 Å². The molecule has 1 saturated heterocycles. The number of carbonyl (C=O) groups is 1. The summed E-state index contributed by atoms with van der Waals surface area (Å²) in [7, 11) is -3.50. The van der Waals surface area contributed by atoms with Crippen LogP contribution in [0.4, 0.5) is 0 Å². The van der Waals surface area contributed by atoms with Crippen molar-refractivity contribution < 1.29 is 18.1 Å². The molecule has 2 aromatic rings. The predicted octanol–water partition coefficient (Wildman–Crippen LogP) is 0.797. The fourth-order valence-electron chi connectivity index (χ4n) is 3.17. The summed E-state index contributed by atoms with van der Waals surface area (Å²) in [5.41, 5.74) is 4.59. The van der Waals surface area contributed by atoms with Crippen LogP contribution in [0.5, 0.6) is 0 Å². The molecule has 0 bridgehead atoms. The number of hydrazone groups is 1. The monoisotopic (exact) mass is 479 g/mol. The topological polar surface area (TPSA) is 83.3 Å². The van der Waals surface area contributed by atoms with E-state index in [2.05, 4.69) is 26.5 Å². The second kappa shape index (κ2) is 9.62. The van der Waals surface area contributed by atoms with Crippen molar-refractivity contribution in [2.45, 2.75) is 11.8 Å². The third-order valence-electron chi connectivity index (χ3n) is 4.74. The van der Waals surface area contributed by atoms with Crippen molar-refractivity contribution in [3.8, 4) is 0 Å². The van der Waals surface area contributed by atoms with E-state index in [1.807, 2.05) is 31.2 Å². The first kappa shape index (κ1) is 21.6. The van der Waals surface area contributed by atoms with Crippen molar-refractivity contribution in [2.24, 2.45) is 5.10 Å². The van der Waals surface area contributed by atoms with E-state index in [1.54, 1.807) is 30.5 Å². The molecule has 2 N–H and O–H groups in total. The number of carbonyl (C=O) groups excluding carboxylic acids is 1. The van der Waals surface area contributed by atoms with Crippen LogP contribution in [0.3, 0.4) is 0 Å². The second-order valence-electron chi connectivity index (χ2n) is 6.99. The SMILES string of the molecule is Cc1cccc(C=NNC(=O)C[NH+]2CCN(S(=O)(=O)c3ccc(Br)cc3)CC2)c1. The first-order valence-corrected chi connectivity index (χ1v) is 11.6. The maximum Gasteiger partial charge on any atom is 0.295 e. The molecule has 1 aliphatic heterocycles. The van der Waals surface area contributed by atoms with Gasteiger partial charge in [0.15, 0.2) is 6.54 Å².